The molecule has 14 heavy (non-hydrogen) atoms. The SMILES string of the molecule is COC.ClC1CCCc2ccccc21. The molecule has 0 fully saturated rings. The van der Waals surface area contributed by atoms with Crippen LogP contribution in [0.3, 0.4) is 0 Å². The predicted octanol–water partition coefficient (Wildman–Crippen LogP) is 3.57. The summed E-state index contributed by atoms with van der Waals surface area (Å²) in [4.78, 5) is 0. The van der Waals surface area contributed by atoms with Crippen molar-refractivity contribution in [1.82, 2.24) is 0 Å². The number of aryl methyl sites for hydroxylation is 1. The van der Waals surface area contributed by atoms with E-state index in [1.807, 2.05) is 0 Å². The third-order valence-corrected chi connectivity index (χ3v) is 2.75. The zero-order valence-electron chi connectivity index (χ0n) is 8.79. The maximum atomic E-state index is 6.15. The van der Waals surface area contributed by atoms with Crippen molar-refractivity contribution in [2.45, 2.75) is 24.6 Å². The Morgan fingerprint density at radius 2 is 1.93 bits per heavy atom. The number of hydrogen-bond acceptors (Lipinski definition) is 1. The number of halogens is 1. The molecule has 0 heterocycles. The molecule has 0 saturated carbocycles. The van der Waals surface area contributed by atoms with Crippen LogP contribution in [0.2, 0.25) is 0 Å². The topological polar surface area (TPSA) is 9.23 Å². The van der Waals surface area contributed by atoms with Gasteiger partial charge in [-0.3, -0.25) is 0 Å². The predicted molar refractivity (Wildman–Crippen MR) is 60.9 cm³/mol. The van der Waals surface area contributed by atoms with E-state index in [1.165, 1.54) is 24.0 Å². The molecule has 1 unspecified atom stereocenters. The van der Waals surface area contributed by atoms with Crippen LogP contribution >= 0.6 is 11.6 Å². The van der Waals surface area contributed by atoms with Crippen LogP contribution in [0.25, 0.3) is 0 Å². The van der Waals surface area contributed by atoms with Crippen molar-refractivity contribution in [2.24, 2.45) is 0 Å². The molecule has 1 aliphatic carbocycles. The van der Waals surface area contributed by atoms with Crippen molar-refractivity contribution in [3.8, 4) is 0 Å². The number of fused-ring (bicyclic) bond motifs is 1. The van der Waals surface area contributed by atoms with Crippen molar-refractivity contribution >= 4 is 11.6 Å². The first-order valence-corrected chi connectivity index (χ1v) is 5.35. The minimum Gasteiger partial charge on any atom is -0.388 e. The molecule has 0 saturated heterocycles. The molecule has 1 nitrogen and oxygen atoms in total. The third kappa shape index (κ3) is 3.00. The number of rotatable bonds is 0. The smallest absolute Gasteiger partial charge is 0.0588 e. The van der Waals surface area contributed by atoms with Crippen LogP contribution in [0.1, 0.15) is 29.3 Å². The van der Waals surface area contributed by atoms with Gasteiger partial charge in [0.15, 0.2) is 0 Å². The summed E-state index contributed by atoms with van der Waals surface area (Å²) >= 11 is 6.15. The highest BCUT2D eigenvalue weighted by molar-refractivity contribution is 6.21. The molecular weight excluding hydrogens is 196 g/mol. The van der Waals surface area contributed by atoms with Gasteiger partial charge in [-0.25, -0.2) is 0 Å². The van der Waals surface area contributed by atoms with Crippen LogP contribution in [0.15, 0.2) is 24.3 Å². The zero-order chi connectivity index (χ0) is 10.4. The first-order valence-electron chi connectivity index (χ1n) is 4.91. The Kier molecular flexibility index (Phi) is 4.99. The summed E-state index contributed by atoms with van der Waals surface area (Å²) in [6.07, 6.45) is 3.59. The summed E-state index contributed by atoms with van der Waals surface area (Å²) in [5, 5.41) is 0.264. The first-order chi connectivity index (χ1) is 6.79. The molecule has 0 N–H and O–H groups in total. The van der Waals surface area contributed by atoms with Gasteiger partial charge in [0, 0.05) is 14.2 Å². The standard InChI is InChI=1S/C10H11Cl.C2H6O/c11-10-7-3-5-8-4-1-2-6-9(8)10;1-3-2/h1-2,4,6,10H,3,5,7H2;1-2H3. The Balaban J connectivity index is 0.000000293. The fraction of sp³-hybridized carbons (Fsp3) is 0.500. The van der Waals surface area contributed by atoms with Crippen molar-refractivity contribution in [2.75, 3.05) is 14.2 Å². The Morgan fingerprint density at radius 1 is 1.29 bits per heavy atom. The van der Waals surface area contributed by atoms with E-state index in [4.69, 9.17) is 11.6 Å². The van der Waals surface area contributed by atoms with E-state index >= 15 is 0 Å². The Bertz CT molecular complexity index is 273. The summed E-state index contributed by atoms with van der Waals surface area (Å²) < 4.78 is 4.25. The summed E-state index contributed by atoms with van der Waals surface area (Å²) in [5.41, 5.74) is 2.79. The number of ether oxygens (including phenoxy) is 1. The van der Waals surface area contributed by atoms with Crippen molar-refractivity contribution in [3.05, 3.63) is 35.4 Å². The van der Waals surface area contributed by atoms with Crippen molar-refractivity contribution < 1.29 is 4.74 Å². The average molecular weight is 213 g/mol. The quantitative estimate of drug-likeness (QED) is 0.598. The maximum absolute atomic E-state index is 6.15. The summed E-state index contributed by atoms with van der Waals surface area (Å²) in [5.74, 6) is 0. The van der Waals surface area contributed by atoms with E-state index in [1.54, 1.807) is 14.2 Å². The van der Waals surface area contributed by atoms with Gasteiger partial charge < -0.3 is 4.74 Å². The lowest BCUT2D eigenvalue weighted by Crippen LogP contribution is -2.04. The van der Waals surface area contributed by atoms with Gasteiger partial charge in [0.25, 0.3) is 0 Å². The molecular formula is C12H17ClO. The van der Waals surface area contributed by atoms with Gasteiger partial charge in [-0.15, -0.1) is 11.6 Å². The van der Waals surface area contributed by atoms with E-state index in [0.29, 0.717) is 0 Å². The first kappa shape index (κ1) is 11.5. The van der Waals surface area contributed by atoms with E-state index < -0.39 is 0 Å². The molecule has 1 aliphatic rings. The van der Waals surface area contributed by atoms with E-state index in [9.17, 15) is 0 Å². The van der Waals surface area contributed by atoms with Crippen molar-refractivity contribution in [1.29, 1.82) is 0 Å². The number of alkyl halides is 1. The average Bonchev–Trinajstić information content (AvgIpc) is 2.20. The van der Waals surface area contributed by atoms with Gasteiger partial charge in [-0.2, -0.15) is 0 Å². The maximum Gasteiger partial charge on any atom is 0.0588 e. The largest absolute Gasteiger partial charge is 0.388 e. The molecule has 2 rings (SSSR count). The third-order valence-electron chi connectivity index (χ3n) is 2.30. The summed E-state index contributed by atoms with van der Waals surface area (Å²) in [6, 6.07) is 8.49. The zero-order valence-corrected chi connectivity index (χ0v) is 9.55. The molecule has 0 aliphatic heterocycles. The lowest BCUT2D eigenvalue weighted by atomic mass is 9.92. The van der Waals surface area contributed by atoms with Gasteiger partial charge >= 0.3 is 0 Å². The molecule has 0 amide bonds. The lowest BCUT2D eigenvalue weighted by molar-refractivity contribution is 0.277. The second-order valence-corrected chi connectivity index (χ2v) is 3.99. The second-order valence-electron chi connectivity index (χ2n) is 3.47. The van der Waals surface area contributed by atoms with E-state index in [2.05, 4.69) is 29.0 Å². The monoisotopic (exact) mass is 212 g/mol. The molecule has 0 radical (unpaired) electrons. The Hall–Kier alpha value is -0.530. The fourth-order valence-electron chi connectivity index (χ4n) is 1.69. The molecule has 1 aromatic rings. The Labute approximate surface area is 91.0 Å². The molecule has 0 aromatic heterocycles. The number of benzene rings is 1. The van der Waals surface area contributed by atoms with Crippen LogP contribution in [-0.4, -0.2) is 14.2 Å². The summed E-state index contributed by atoms with van der Waals surface area (Å²) in [7, 11) is 3.25. The second kappa shape index (κ2) is 6.05. The molecule has 0 spiro atoms. The molecule has 78 valence electrons. The molecule has 1 aromatic carbocycles. The van der Waals surface area contributed by atoms with Gasteiger partial charge in [-0.1, -0.05) is 24.3 Å². The number of methoxy groups -OCH3 is 1. The minimum absolute atomic E-state index is 0.264. The van der Waals surface area contributed by atoms with Gasteiger partial charge in [0.2, 0.25) is 0 Å². The van der Waals surface area contributed by atoms with E-state index in [0.717, 1.165) is 6.42 Å². The molecule has 1 atom stereocenters. The van der Waals surface area contributed by atoms with Gasteiger partial charge in [0.1, 0.15) is 0 Å². The van der Waals surface area contributed by atoms with E-state index in [-0.39, 0.29) is 5.38 Å². The van der Waals surface area contributed by atoms with Gasteiger partial charge in [0.05, 0.1) is 5.38 Å². The van der Waals surface area contributed by atoms with Crippen LogP contribution < -0.4 is 0 Å². The van der Waals surface area contributed by atoms with Crippen LogP contribution in [0, 0.1) is 0 Å². The summed E-state index contributed by atoms with van der Waals surface area (Å²) in [6.45, 7) is 0. The van der Waals surface area contributed by atoms with Crippen LogP contribution in [0.4, 0.5) is 0 Å². The van der Waals surface area contributed by atoms with Crippen LogP contribution in [0.5, 0.6) is 0 Å². The van der Waals surface area contributed by atoms with Crippen molar-refractivity contribution in [3.63, 3.8) is 0 Å². The van der Waals surface area contributed by atoms with Crippen LogP contribution in [-0.2, 0) is 11.2 Å². The minimum atomic E-state index is 0.264. The lowest BCUT2D eigenvalue weighted by Gasteiger charge is -2.19. The molecule has 2 heteroatoms. The highest BCUT2D eigenvalue weighted by atomic mass is 35.5. The molecule has 0 bridgehead atoms. The highest BCUT2D eigenvalue weighted by Crippen LogP contribution is 2.33. The normalized spacial score (nSPS) is 19.2. The fourth-order valence-corrected chi connectivity index (χ4v) is 2.06. The highest BCUT2D eigenvalue weighted by Gasteiger charge is 2.16. The number of hydrogen-bond donors (Lipinski definition) is 0. The van der Waals surface area contributed by atoms with Gasteiger partial charge in [-0.05, 0) is 30.4 Å². The Morgan fingerprint density at radius 3 is 2.57 bits per heavy atom.